The van der Waals surface area contributed by atoms with Crippen molar-refractivity contribution in [3.63, 3.8) is 0 Å². The van der Waals surface area contributed by atoms with Crippen molar-refractivity contribution in [3.05, 3.63) is 34.9 Å². The number of hydrogen-bond donors (Lipinski definition) is 3. The molecule has 0 radical (unpaired) electrons. The van der Waals surface area contributed by atoms with Gasteiger partial charge in [-0.1, -0.05) is 36.6 Å². The van der Waals surface area contributed by atoms with E-state index in [1.165, 1.54) is 31.2 Å². The van der Waals surface area contributed by atoms with Gasteiger partial charge in [0.15, 0.2) is 0 Å². The number of carboxylic acid groups (broad SMARTS) is 2. The van der Waals surface area contributed by atoms with Gasteiger partial charge in [-0.25, -0.2) is 9.59 Å². The summed E-state index contributed by atoms with van der Waals surface area (Å²) in [5, 5.41) is 19.2. The van der Waals surface area contributed by atoms with Crippen LogP contribution in [-0.4, -0.2) is 28.2 Å². The molecular formula is C14H18ClNO4. The molecule has 0 bridgehead atoms. The van der Waals surface area contributed by atoms with Crippen molar-refractivity contribution >= 4 is 23.5 Å². The molecule has 3 N–H and O–H groups in total. The van der Waals surface area contributed by atoms with Crippen molar-refractivity contribution in [1.29, 1.82) is 0 Å². The zero-order chi connectivity index (χ0) is 15.0. The normalized spacial score (nSPS) is 14.4. The fourth-order valence-corrected chi connectivity index (χ4v) is 2.25. The molecule has 5 nitrogen and oxygen atoms in total. The van der Waals surface area contributed by atoms with E-state index in [4.69, 9.17) is 31.4 Å². The lowest BCUT2D eigenvalue weighted by molar-refractivity contribution is -0.159. The molecule has 110 valence electrons. The molecule has 1 aromatic rings. The van der Waals surface area contributed by atoms with Crippen LogP contribution in [-0.2, 0) is 16.1 Å². The van der Waals surface area contributed by atoms with Crippen LogP contribution in [0.4, 0.5) is 0 Å². The van der Waals surface area contributed by atoms with E-state index in [-0.39, 0.29) is 0 Å². The lowest BCUT2D eigenvalue weighted by atomic mass is 10.2. The molecule has 0 aliphatic heterocycles. The number of rotatable bonds is 3. The Hall–Kier alpha value is -1.59. The molecule has 0 heterocycles. The van der Waals surface area contributed by atoms with Crippen LogP contribution < -0.4 is 5.32 Å². The summed E-state index contributed by atoms with van der Waals surface area (Å²) in [6.07, 6.45) is 5.43. The van der Waals surface area contributed by atoms with Crippen molar-refractivity contribution in [2.45, 2.75) is 38.3 Å². The molecule has 1 aromatic carbocycles. The van der Waals surface area contributed by atoms with Gasteiger partial charge in [0, 0.05) is 17.6 Å². The first-order chi connectivity index (χ1) is 9.49. The van der Waals surface area contributed by atoms with E-state index in [2.05, 4.69) is 11.4 Å². The maximum Gasteiger partial charge on any atom is 0.414 e. The predicted molar refractivity (Wildman–Crippen MR) is 75.8 cm³/mol. The molecule has 0 spiro atoms. The Morgan fingerprint density at radius 2 is 1.80 bits per heavy atom. The third kappa shape index (κ3) is 6.54. The first kappa shape index (κ1) is 16.5. The number of nitrogens with one attached hydrogen (secondary N) is 1. The molecule has 1 aliphatic rings. The molecule has 0 aromatic heterocycles. The van der Waals surface area contributed by atoms with Gasteiger partial charge in [-0.15, -0.1) is 0 Å². The molecule has 20 heavy (non-hydrogen) atoms. The van der Waals surface area contributed by atoms with Crippen molar-refractivity contribution in [3.8, 4) is 0 Å². The highest BCUT2D eigenvalue weighted by atomic mass is 35.5. The number of benzene rings is 1. The second kappa shape index (κ2) is 8.55. The first-order valence-corrected chi connectivity index (χ1v) is 6.81. The third-order valence-corrected chi connectivity index (χ3v) is 3.26. The second-order valence-corrected chi connectivity index (χ2v) is 5.04. The summed E-state index contributed by atoms with van der Waals surface area (Å²) in [5.74, 6) is -3.65. The van der Waals surface area contributed by atoms with E-state index in [9.17, 15) is 0 Å². The predicted octanol–water partition coefficient (Wildman–Crippen LogP) is 2.53. The lowest BCUT2D eigenvalue weighted by Gasteiger charge is -2.11. The van der Waals surface area contributed by atoms with Crippen LogP contribution >= 0.6 is 11.6 Å². The van der Waals surface area contributed by atoms with E-state index in [1.54, 1.807) is 0 Å². The van der Waals surface area contributed by atoms with Crippen molar-refractivity contribution in [2.75, 3.05) is 0 Å². The summed E-state index contributed by atoms with van der Waals surface area (Å²) in [7, 11) is 0. The summed E-state index contributed by atoms with van der Waals surface area (Å²) in [4.78, 5) is 18.2. The van der Waals surface area contributed by atoms with Crippen molar-refractivity contribution in [2.24, 2.45) is 0 Å². The lowest BCUT2D eigenvalue weighted by Crippen LogP contribution is -2.25. The minimum Gasteiger partial charge on any atom is -0.473 e. The minimum absolute atomic E-state index is 0.731. The number of hydrogen-bond acceptors (Lipinski definition) is 3. The number of carbonyl (C=O) groups is 2. The highest BCUT2D eigenvalue weighted by Crippen LogP contribution is 2.18. The van der Waals surface area contributed by atoms with Gasteiger partial charge in [0.2, 0.25) is 0 Å². The van der Waals surface area contributed by atoms with Gasteiger partial charge < -0.3 is 15.5 Å². The molecule has 1 aliphatic carbocycles. The van der Waals surface area contributed by atoms with Crippen LogP contribution in [0.2, 0.25) is 5.02 Å². The number of carboxylic acids is 2. The van der Waals surface area contributed by atoms with Crippen LogP contribution in [0.5, 0.6) is 0 Å². The van der Waals surface area contributed by atoms with Crippen LogP contribution in [0.25, 0.3) is 0 Å². The monoisotopic (exact) mass is 299 g/mol. The summed E-state index contributed by atoms with van der Waals surface area (Å²) < 4.78 is 0. The standard InChI is InChI=1S/C12H16ClN.C2H2O4/c13-11-5-3-4-10(8-11)9-14-12-6-1-2-7-12;3-1(4)2(5)6/h3-5,8,12,14H,1-2,6-7,9H2;(H,3,4)(H,5,6). The Morgan fingerprint density at radius 3 is 2.30 bits per heavy atom. The smallest absolute Gasteiger partial charge is 0.414 e. The average Bonchev–Trinajstić information content (AvgIpc) is 2.90. The molecule has 1 fully saturated rings. The van der Waals surface area contributed by atoms with Crippen LogP contribution in [0.15, 0.2) is 24.3 Å². The highest BCUT2D eigenvalue weighted by Gasteiger charge is 2.13. The third-order valence-electron chi connectivity index (χ3n) is 3.02. The Morgan fingerprint density at radius 1 is 1.20 bits per heavy atom. The van der Waals surface area contributed by atoms with Gasteiger partial charge in [-0.2, -0.15) is 0 Å². The fourth-order valence-electron chi connectivity index (χ4n) is 2.04. The van der Waals surface area contributed by atoms with E-state index in [0.29, 0.717) is 0 Å². The first-order valence-electron chi connectivity index (χ1n) is 6.43. The Labute approximate surface area is 122 Å². The van der Waals surface area contributed by atoms with Gasteiger partial charge >= 0.3 is 11.9 Å². The van der Waals surface area contributed by atoms with E-state index in [1.807, 2.05) is 18.2 Å². The molecule has 0 unspecified atom stereocenters. The number of aliphatic carboxylic acids is 2. The van der Waals surface area contributed by atoms with Crippen molar-refractivity contribution < 1.29 is 19.8 Å². The van der Waals surface area contributed by atoms with Gasteiger partial charge in [-0.05, 0) is 30.5 Å². The topological polar surface area (TPSA) is 86.6 Å². The zero-order valence-electron chi connectivity index (χ0n) is 11.0. The average molecular weight is 300 g/mol. The maximum absolute atomic E-state index is 9.10. The molecule has 2 rings (SSSR count). The van der Waals surface area contributed by atoms with Gasteiger partial charge in [0.1, 0.15) is 0 Å². The minimum atomic E-state index is -1.82. The number of halogens is 1. The molecule has 1 saturated carbocycles. The molecule has 0 saturated heterocycles. The summed E-state index contributed by atoms with van der Waals surface area (Å²) in [6, 6.07) is 8.81. The SMILES string of the molecule is Clc1cccc(CNC2CCCC2)c1.O=C(O)C(=O)O. The molecule has 6 heteroatoms. The summed E-state index contributed by atoms with van der Waals surface area (Å²) >= 11 is 5.91. The van der Waals surface area contributed by atoms with Crippen LogP contribution in [0, 0.1) is 0 Å². The Bertz CT molecular complexity index is 446. The van der Waals surface area contributed by atoms with Gasteiger partial charge in [-0.3, -0.25) is 0 Å². The zero-order valence-corrected chi connectivity index (χ0v) is 11.8. The summed E-state index contributed by atoms with van der Waals surface area (Å²) in [5.41, 5.74) is 1.28. The Balaban J connectivity index is 0.000000286. The van der Waals surface area contributed by atoms with E-state index >= 15 is 0 Å². The van der Waals surface area contributed by atoms with Crippen molar-refractivity contribution in [1.82, 2.24) is 5.32 Å². The molecule has 0 amide bonds. The largest absolute Gasteiger partial charge is 0.473 e. The van der Waals surface area contributed by atoms with Crippen LogP contribution in [0.1, 0.15) is 31.2 Å². The maximum atomic E-state index is 9.10. The Kier molecular flexibility index (Phi) is 7.04. The van der Waals surface area contributed by atoms with E-state index in [0.717, 1.165) is 17.6 Å². The molecular weight excluding hydrogens is 282 g/mol. The second-order valence-electron chi connectivity index (χ2n) is 4.60. The van der Waals surface area contributed by atoms with E-state index < -0.39 is 11.9 Å². The highest BCUT2D eigenvalue weighted by molar-refractivity contribution is 6.30. The van der Waals surface area contributed by atoms with Crippen LogP contribution in [0.3, 0.4) is 0 Å². The fraction of sp³-hybridized carbons (Fsp3) is 0.429. The van der Waals surface area contributed by atoms with Gasteiger partial charge in [0.25, 0.3) is 0 Å². The quantitative estimate of drug-likeness (QED) is 0.747. The molecule has 0 atom stereocenters. The van der Waals surface area contributed by atoms with Gasteiger partial charge in [0.05, 0.1) is 0 Å². The summed E-state index contributed by atoms with van der Waals surface area (Å²) in [6.45, 7) is 0.950.